The molecule has 0 unspecified atom stereocenters. The van der Waals surface area contributed by atoms with Crippen molar-refractivity contribution in [2.24, 2.45) is 5.41 Å². The molecule has 2 aliphatic rings. The van der Waals surface area contributed by atoms with Crippen molar-refractivity contribution in [1.82, 2.24) is 25.2 Å². The van der Waals surface area contributed by atoms with Crippen molar-refractivity contribution in [2.45, 2.75) is 45.1 Å². The molecule has 4 heterocycles. The Labute approximate surface area is 248 Å². The van der Waals surface area contributed by atoms with E-state index in [-0.39, 0.29) is 11.5 Å². The van der Waals surface area contributed by atoms with Crippen LogP contribution < -0.4 is 20.9 Å². The van der Waals surface area contributed by atoms with Gasteiger partial charge in [-0.25, -0.2) is 9.97 Å². The van der Waals surface area contributed by atoms with Crippen LogP contribution in [-0.2, 0) is 5.60 Å². The predicted molar refractivity (Wildman–Crippen MR) is 168 cm³/mol. The first-order valence-electron chi connectivity index (χ1n) is 14.7. The molecule has 4 N–H and O–H groups in total. The van der Waals surface area contributed by atoms with Gasteiger partial charge in [0.2, 0.25) is 5.95 Å². The number of aliphatic hydroxyl groups is 1. The van der Waals surface area contributed by atoms with Crippen molar-refractivity contribution in [3.05, 3.63) is 72.6 Å². The van der Waals surface area contributed by atoms with E-state index in [1.54, 1.807) is 38.1 Å². The van der Waals surface area contributed by atoms with Crippen LogP contribution in [0.3, 0.4) is 0 Å². The summed E-state index contributed by atoms with van der Waals surface area (Å²) in [7, 11) is 2.23. The van der Waals surface area contributed by atoms with Crippen LogP contribution in [0.25, 0.3) is 0 Å². The van der Waals surface area contributed by atoms with Crippen LogP contribution in [0.5, 0.6) is 0 Å². The molecule has 10 heteroatoms. The molecule has 2 saturated heterocycles. The summed E-state index contributed by atoms with van der Waals surface area (Å²) >= 11 is 0. The zero-order valence-electron chi connectivity index (χ0n) is 24.9. The highest BCUT2D eigenvalue weighted by atomic mass is 16.3. The Morgan fingerprint density at radius 1 is 1.02 bits per heavy atom. The number of nitrogens with one attached hydrogen (secondary N) is 3. The molecule has 10 nitrogen and oxygen atoms in total. The Hall–Kier alpha value is -4.02. The van der Waals surface area contributed by atoms with Crippen molar-refractivity contribution in [3.8, 4) is 0 Å². The highest BCUT2D eigenvalue weighted by molar-refractivity contribution is 5.99. The number of piperidine rings is 2. The fourth-order valence-electron chi connectivity index (χ4n) is 5.65. The third kappa shape index (κ3) is 7.06. The van der Waals surface area contributed by atoms with Crippen LogP contribution in [0.15, 0.2) is 61.3 Å². The summed E-state index contributed by atoms with van der Waals surface area (Å²) < 4.78 is 0. The maximum absolute atomic E-state index is 12.8. The van der Waals surface area contributed by atoms with Gasteiger partial charge in [0.25, 0.3) is 5.91 Å². The maximum atomic E-state index is 12.8. The minimum atomic E-state index is -1.12. The van der Waals surface area contributed by atoms with E-state index < -0.39 is 5.60 Å². The van der Waals surface area contributed by atoms with E-state index >= 15 is 0 Å². The molecule has 2 aliphatic heterocycles. The van der Waals surface area contributed by atoms with Crippen LogP contribution in [0.2, 0.25) is 0 Å². The molecule has 2 aromatic heterocycles. The van der Waals surface area contributed by atoms with Crippen LogP contribution in [0.4, 0.5) is 29.0 Å². The average Bonchev–Trinajstić information content (AvgIpc) is 2.98. The topological polar surface area (TPSA) is 119 Å². The first-order valence-corrected chi connectivity index (χ1v) is 14.7. The van der Waals surface area contributed by atoms with Gasteiger partial charge in [-0.15, -0.1) is 6.58 Å². The van der Waals surface area contributed by atoms with E-state index in [0.717, 1.165) is 18.8 Å². The van der Waals surface area contributed by atoms with E-state index in [4.69, 9.17) is 0 Å². The molecular weight excluding hydrogens is 528 g/mol. The number of aromatic nitrogens is 3. The summed E-state index contributed by atoms with van der Waals surface area (Å²) in [4.78, 5) is 31.3. The number of carbonyl (C=O) groups excluding carboxylic acids is 1. The van der Waals surface area contributed by atoms with Gasteiger partial charge in [-0.2, -0.15) is 4.98 Å². The summed E-state index contributed by atoms with van der Waals surface area (Å²) in [5.74, 6) is 0.744. The normalized spacial score (nSPS) is 17.1. The smallest absolute Gasteiger partial charge is 0.256 e. The van der Waals surface area contributed by atoms with Crippen molar-refractivity contribution < 1.29 is 9.90 Å². The van der Waals surface area contributed by atoms with Crippen molar-refractivity contribution in [1.29, 1.82) is 0 Å². The summed E-state index contributed by atoms with van der Waals surface area (Å²) in [6, 6.07) is 13.6. The highest BCUT2D eigenvalue weighted by Crippen LogP contribution is 2.42. The Bertz CT molecular complexity index is 1380. The standard InChI is InChI=1S/C32H42N8O2/c1-5-17-33-29(41)25-22-34-30(38-28(25)37-27-8-6-7-26(36-27)31(2,3)42)35-23-9-11-24(12-10-23)40-20-15-32(16-21-40)13-18-39(4)19-14-32/h5-12,22,42H,1,13-21H2,2-4H3,(H,33,41)(H2,34,35,36,37,38). The van der Waals surface area contributed by atoms with E-state index in [1.807, 2.05) is 12.1 Å². The summed E-state index contributed by atoms with van der Waals surface area (Å²) in [5.41, 5.74) is 2.23. The molecule has 222 valence electrons. The molecule has 42 heavy (non-hydrogen) atoms. The third-order valence-electron chi connectivity index (χ3n) is 8.42. The van der Waals surface area contributed by atoms with Crippen molar-refractivity contribution in [3.63, 3.8) is 0 Å². The number of hydrogen-bond acceptors (Lipinski definition) is 9. The molecule has 1 spiro atoms. The lowest BCUT2D eigenvalue weighted by Gasteiger charge is -2.46. The first kappa shape index (κ1) is 29.5. The fraction of sp³-hybridized carbons (Fsp3) is 0.438. The van der Waals surface area contributed by atoms with Crippen molar-refractivity contribution in [2.75, 3.05) is 55.3 Å². The van der Waals surface area contributed by atoms with Gasteiger partial charge < -0.3 is 30.9 Å². The quantitative estimate of drug-likeness (QED) is 0.269. The monoisotopic (exact) mass is 570 g/mol. The van der Waals surface area contributed by atoms with Gasteiger partial charge in [-0.3, -0.25) is 4.79 Å². The average molecular weight is 571 g/mol. The minimum absolute atomic E-state index is 0.265. The van der Waals surface area contributed by atoms with E-state index in [9.17, 15) is 9.90 Å². The Morgan fingerprint density at radius 2 is 1.71 bits per heavy atom. The zero-order valence-corrected chi connectivity index (χ0v) is 24.9. The summed E-state index contributed by atoms with van der Waals surface area (Å²) in [5, 5.41) is 19.6. The largest absolute Gasteiger partial charge is 0.384 e. The Kier molecular flexibility index (Phi) is 8.74. The van der Waals surface area contributed by atoms with Gasteiger partial charge in [-0.05, 0) is 101 Å². The number of carbonyl (C=O) groups is 1. The summed E-state index contributed by atoms with van der Waals surface area (Å²) in [6.45, 7) is 11.9. The number of benzene rings is 1. The molecule has 2 fully saturated rings. The second kappa shape index (κ2) is 12.5. The highest BCUT2D eigenvalue weighted by Gasteiger charge is 2.36. The SMILES string of the molecule is C=CCNC(=O)c1cnc(Nc2ccc(N3CCC4(CCN(C)CC4)CC3)cc2)nc1Nc1cccc(C(C)(C)O)n1. The number of amides is 1. The van der Waals surface area contributed by atoms with Gasteiger partial charge in [0.05, 0.1) is 5.69 Å². The number of nitrogens with zero attached hydrogens (tertiary/aromatic N) is 5. The van der Waals surface area contributed by atoms with Crippen LogP contribution >= 0.6 is 0 Å². The lowest BCUT2D eigenvalue weighted by atomic mass is 9.71. The maximum Gasteiger partial charge on any atom is 0.256 e. The molecule has 0 bridgehead atoms. The molecule has 1 amide bonds. The lowest BCUT2D eigenvalue weighted by Crippen LogP contribution is -2.46. The number of anilines is 5. The lowest BCUT2D eigenvalue weighted by molar-refractivity contribution is 0.0740. The molecule has 3 aromatic rings. The van der Waals surface area contributed by atoms with Gasteiger partial charge in [0, 0.05) is 37.2 Å². The molecule has 0 atom stereocenters. The fourth-order valence-corrected chi connectivity index (χ4v) is 5.65. The second-order valence-corrected chi connectivity index (χ2v) is 12.0. The summed E-state index contributed by atoms with van der Waals surface area (Å²) in [6.07, 6.45) is 8.22. The molecule has 0 aliphatic carbocycles. The molecular formula is C32H42N8O2. The van der Waals surface area contributed by atoms with Crippen LogP contribution in [0, 0.1) is 5.41 Å². The van der Waals surface area contributed by atoms with Gasteiger partial charge in [0.1, 0.15) is 22.8 Å². The Balaban J connectivity index is 1.29. The van der Waals surface area contributed by atoms with Crippen molar-refractivity contribution >= 4 is 34.9 Å². The van der Waals surface area contributed by atoms with Gasteiger partial charge >= 0.3 is 0 Å². The predicted octanol–water partition coefficient (Wildman–Crippen LogP) is 4.81. The minimum Gasteiger partial charge on any atom is -0.384 e. The van der Waals surface area contributed by atoms with Crippen LogP contribution in [0.1, 0.15) is 55.6 Å². The molecule has 0 saturated carbocycles. The number of likely N-dealkylation sites (tertiary alicyclic amines) is 1. The molecule has 1 aromatic carbocycles. The van der Waals surface area contributed by atoms with E-state index in [2.05, 4.69) is 66.5 Å². The number of pyridine rings is 1. The zero-order chi connectivity index (χ0) is 29.7. The second-order valence-electron chi connectivity index (χ2n) is 12.0. The van der Waals surface area contributed by atoms with E-state index in [0.29, 0.717) is 35.2 Å². The van der Waals surface area contributed by atoms with Crippen LogP contribution in [-0.4, -0.2) is 70.6 Å². The third-order valence-corrected chi connectivity index (χ3v) is 8.42. The number of hydrogen-bond donors (Lipinski definition) is 4. The van der Waals surface area contributed by atoms with Gasteiger partial charge in [-0.1, -0.05) is 12.1 Å². The van der Waals surface area contributed by atoms with E-state index in [1.165, 1.54) is 50.7 Å². The molecule has 0 radical (unpaired) electrons. The Morgan fingerprint density at radius 3 is 2.38 bits per heavy atom. The number of rotatable bonds is 9. The van der Waals surface area contributed by atoms with Gasteiger partial charge in [0.15, 0.2) is 0 Å². The molecule has 5 rings (SSSR count). The first-order chi connectivity index (χ1) is 20.1.